The lowest BCUT2D eigenvalue weighted by molar-refractivity contribution is 0.559. The van der Waals surface area contributed by atoms with Crippen LogP contribution >= 0.6 is 11.3 Å². The van der Waals surface area contributed by atoms with Crippen molar-refractivity contribution in [2.75, 3.05) is 0 Å². The van der Waals surface area contributed by atoms with Gasteiger partial charge < -0.3 is 9.13 Å². The van der Waals surface area contributed by atoms with Gasteiger partial charge in [0.15, 0.2) is 4.80 Å². The molecule has 0 spiro atoms. The second-order valence-electron chi connectivity index (χ2n) is 7.43. The third kappa shape index (κ3) is 4.74. The van der Waals surface area contributed by atoms with E-state index in [1.54, 1.807) is 11.3 Å². The number of benzene rings is 2. The molecule has 2 heterocycles. The van der Waals surface area contributed by atoms with Gasteiger partial charge in [0.05, 0.1) is 17.7 Å². The molecule has 4 rings (SSSR count). The molecule has 0 radical (unpaired) electrons. The van der Waals surface area contributed by atoms with E-state index in [-0.39, 0.29) is 0 Å². The van der Waals surface area contributed by atoms with E-state index in [4.69, 9.17) is 4.99 Å². The van der Waals surface area contributed by atoms with Gasteiger partial charge in [0.25, 0.3) is 0 Å². The fourth-order valence-corrected chi connectivity index (χ4v) is 4.30. The smallest absolute Gasteiger partial charge is 0.190 e. The molecule has 2 aromatic heterocycles. The van der Waals surface area contributed by atoms with Crippen LogP contribution in [0.3, 0.4) is 0 Å². The molecular formula is C24H26N4S. The summed E-state index contributed by atoms with van der Waals surface area (Å²) in [5.74, 6) is 0.531. The first-order valence-corrected chi connectivity index (χ1v) is 10.9. The van der Waals surface area contributed by atoms with Gasteiger partial charge in [0.1, 0.15) is 0 Å². The first-order valence-electron chi connectivity index (χ1n) is 10.0. The molecule has 0 unspecified atom stereocenters. The molecule has 0 amide bonds. The van der Waals surface area contributed by atoms with Crippen LogP contribution < -0.4 is 4.80 Å². The Hall–Kier alpha value is -2.92. The molecule has 0 aliphatic rings. The van der Waals surface area contributed by atoms with Gasteiger partial charge in [-0.1, -0.05) is 56.3 Å². The molecule has 0 atom stereocenters. The zero-order valence-corrected chi connectivity index (χ0v) is 17.7. The Kier molecular flexibility index (Phi) is 6.06. The van der Waals surface area contributed by atoms with Gasteiger partial charge in [-0.25, -0.2) is 9.98 Å². The number of rotatable bonds is 7. The Balaban J connectivity index is 1.66. The van der Waals surface area contributed by atoms with E-state index in [0.717, 1.165) is 30.0 Å². The van der Waals surface area contributed by atoms with Crippen LogP contribution in [0.15, 0.2) is 83.7 Å². The minimum Gasteiger partial charge on any atom is -0.337 e. The number of aromatic nitrogens is 3. The van der Waals surface area contributed by atoms with E-state index in [0.29, 0.717) is 5.92 Å². The van der Waals surface area contributed by atoms with Crippen LogP contribution in [0.25, 0.3) is 11.3 Å². The Bertz CT molecular complexity index is 1090. The van der Waals surface area contributed by atoms with Crippen molar-refractivity contribution in [2.24, 2.45) is 4.99 Å². The van der Waals surface area contributed by atoms with Gasteiger partial charge in [0, 0.05) is 30.9 Å². The highest BCUT2D eigenvalue weighted by molar-refractivity contribution is 7.07. The van der Waals surface area contributed by atoms with Gasteiger partial charge in [0.2, 0.25) is 0 Å². The minimum absolute atomic E-state index is 0.531. The summed E-state index contributed by atoms with van der Waals surface area (Å²) in [7, 11) is 0. The summed E-state index contributed by atoms with van der Waals surface area (Å²) in [4.78, 5) is 10.1. The predicted octanol–water partition coefficient (Wildman–Crippen LogP) is 5.86. The molecule has 0 aliphatic carbocycles. The molecule has 29 heavy (non-hydrogen) atoms. The van der Waals surface area contributed by atoms with Crippen LogP contribution in [0.1, 0.15) is 31.7 Å². The quantitative estimate of drug-likeness (QED) is 0.381. The van der Waals surface area contributed by atoms with Crippen LogP contribution in [0, 0.1) is 0 Å². The van der Waals surface area contributed by atoms with E-state index in [1.807, 2.05) is 18.7 Å². The van der Waals surface area contributed by atoms with E-state index in [2.05, 4.69) is 87.9 Å². The summed E-state index contributed by atoms with van der Waals surface area (Å²) in [5.41, 5.74) is 4.79. The summed E-state index contributed by atoms with van der Waals surface area (Å²) in [6.07, 6.45) is 6.73. The number of hydrogen-bond donors (Lipinski definition) is 0. The van der Waals surface area contributed by atoms with Gasteiger partial charge in [-0.05, 0) is 35.6 Å². The second kappa shape index (κ2) is 9.05. The van der Waals surface area contributed by atoms with Crippen molar-refractivity contribution in [3.8, 4) is 11.3 Å². The summed E-state index contributed by atoms with van der Waals surface area (Å²) in [6.45, 7) is 6.28. The fraction of sp³-hybridized carbons (Fsp3) is 0.250. The van der Waals surface area contributed by atoms with Crippen LogP contribution in [-0.2, 0) is 13.1 Å². The number of hydrogen-bond acceptors (Lipinski definition) is 3. The molecule has 4 aromatic rings. The summed E-state index contributed by atoms with van der Waals surface area (Å²) < 4.78 is 4.46. The van der Waals surface area contributed by atoms with Crippen molar-refractivity contribution in [1.82, 2.24) is 14.1 Å². The molecule has 5 heteroatoms. The van der Waals surface area contributed by atoms with Crippen molar-refractivity contribution in [1.29, 1.82) is 0 Å². The highest BCUT2D eigenvalue weighted by Crippen LogP contribution is 2.22. The molecule has 148 valence electrons. The summed E-state index contributed by atoms with van der Waals surface area (Å²) >= 11 is 1.70. The van der Waals surface area contributed by atoms with Crippen molar-refractivity contribution in [2.45, 2.75) is 39.3 Å². The van der Waals surface area contributed by atoms with Crippen LogP contribution in [0.2, 0.25) is 0 Å². The highest BCUT2D eigenvalue weighted by Gasteiger charge is 2.08. The van der Waals surface area contributed by atoms with Gasteiger partial charge in [-0.15, -0.1) is 11.3 Å². The topological polar surface area (TPSA) is 35.1 Å². The lowest BCUT2D eigenvalue weighted by atomic mass is 10.0. The summed E-state index contributed by atoms with van der Waals surface area (Å²) in [5, 5.41) is 2.22. The van der Waals surface area contributed by atoms with Crippen molar-refractivity contribution in [3.63, 3.8) is 0 Å². The molecule has 2 aromatic carbocycles. The lowest BCUT2D eigenvalue weighted by Crippen LogP contribution is -2.17. The Morgan fingerprint density at radius 1 is 1.00 bits per heavy atom. The van der Waals surface area contributed by atoms with Crippen LogP contribution in [0.5, 0.6) is 0 Å². The average Bonchev–Trinajstić information content (AvgIpc) is 3.40. The molecule has 0 saturated heterocycles. The maximum atomic E-state index is 4.97. The number of nitrogens with zero attached hydrogens (tertiary/aromatic N) is 4. The summed E-state index contributed by atoms with van der Waals surface area (Å²) in [6, 6.07) is 19.2. The Morgan fingerprint density at radius 3 is 2.48 bits per heavy atom. The highest BCUT2D eigenvalue weighted by atomic mass is 32.1. The first kappa shape index (κ1) is 19.4. The number of aryl methyl sites for hydroxylation is 1. The normalized spacial score (nSPS) is 12.0. The zero-order chi connectivity index (χ0) is 20.1. The van der Waals surface area contributed by atoms with Gasteiger partial charge >= 0.3 is 0 Å². The average molecular weight is 403 g/mol. The predicted molar refractivity (Wildman–Crippen MR) is 120 cm³/mol. The molecule has 0 aliphatic heterocycles. The molecule has 0 saturated carbocycles. The van der Waals surface area contributed by atoms with Crippen LogP contribution in [0.4, 0.5) is 5.69 Å². The van der Waals surface area contributed by atoms with Crippen molar-refractivity contribution < 1.29 is 0 Å². The lowest BCUT2D eigenvalue weighted by Gasteiger charge is -2.10. The number of thiazole rings is 1. The Labute approximate surface area is 175 Å². The molecular weight excluding hydrogens is 376 g/mol. The van der Waals surface area contributed by atoms with Gasteiger partial charge in [-0.3, -0.25) is 0 Å². The van der Waals surface area contributed by atoms with E-state index >= 15 is 0 Å². The second-order valence-corrected chi connectivity index (χ2v) is 8.27. The molecule has 0 fully saturated rings. The standard InChI is InChI=1S/C24H26N4S/c1-19(2)20-9-11-22(12-10-20)26-24-28(15-6-14-27-16-13-25-18-27)23(17-29-24)21-7-4-3-5-8-21/h3-5,7-13,16-19H,6,14-15H2,1-2H3. The molecule has 0 N–H and O–H groups in total. The Morgan fingerprint density at radius 2 is 1.79 bits per heavy atom. The fourth-order valence-electron chi connectivity index (χ4n) is 3.35. The van der Waals surface area contributed by atoms with E-state index in [9.17, 15) is 0 Å². The van der Waals surface area contributed by atoms with E-state index in [1.165, 1.54) is 16.8 Å². The molecule has 0 bridgehead atoms. The maximum Gasteiger partial charge on any atom is 0.190 e. The van der Waals surface area contributed by atoms with Gasteiger partial charge in [-0.2, -0.15) is 0 Å². The minimum atomic E-state index is 0.531. The van der Waals surface area contributed by atoms with E-state index < -0.39 is 0 Å². The third-order valence-electron chi connectivity index (χ3n) is 5.01. The zero-order valence-electron chi connectivity index (χ0n) is 16.9. The van der Waals surface area contributed by atoms with Crippen LogP contribution in [-0.4, -0.2) is 14.1 Å². The monoisotopic (exact) mass is 402 g/mol. The SMILES string of the molecule is CC(C)c1ccc(N=c2scc(-c3ccccc3)n2CCCn2ccnc2)cc1. The first-order chi connectivity index (χ1) is 14.2. The van der Waals surface area contributed by atoms with Crippen molar-refractivity contribution in [3.05, 3.63) is 89.1 Å². The van der Waals surface area contributed by atoms with Crippen molar-refractivity contribution >= 4 is 17.0 Å². The maximum absolute atomic E-state index is 4.97. The third-order valence-corrected chi connectivity index (χ3v) is 5.87. The molecule has 4 nitrogen and oxygen atoms in total. The number of imidazole rings is 1. The largest absolute Gasteiger partial charge is 0.337 e.